The van der Waals surface area contributed by atoms with Crippen molar-refractivity contribution in [3.8, 4) is 0 Å². The van der Waals surface area contributed by atoms with E-state index in [-0.39, 0.29) is 17.4 Å². The molecule has 2 aliphatic rings. The summed E-state index contributed by atoms with van der Waals surface area (Å²) in [6.45, 7) is 2.06. The van der Waals surface area contributed by atoms with Crippen molar-refractivity contribution >= 4 is 11.8 Å². The topological polar surface area (TPSA) is 37.4 Å². The summed E-state index contributed by atoms with van der Waals surface area (Å²) in [5.74, 6) is 0.0821. The van der Waals surface area contributed by atoms with Crippen LogP contribution in [0.15, 0.2) is 0 Å². The molecule has 2 aliphatic heterocycles. The second-order valence-electron chi connectivity index (χ2n) is 3.70. The van der Waals surface area contributed by atoms with Crippen molar-refractivity contribution in [1.82, 2.24) is 4.90 Å². The second kappa shape index (κ2) is 2.31. The first kappa shape index (κ1) is 7.77. The maximum atomic E-state index is 11.3. The Morgan fingerprint density at radius 1 is 1.25 bits per heavy atom. The molecule has 0 bridgehead atoms. The van der Waals surface area contributed by atoms with Crippen LogP contribution in [0.4, 0.5) is 0 Å². The van der Waals surface area contributed by atoms with Gasteiger partial charge in [-0.3, -0.25) is 14.5 Å². The van der Waals surface area contributed by atoms with Gasteiger partial charge in [0.25, 0.3) is 0 Å². The van der Waals surface area contributed by atoms with Crippen molar-refractivity contribution in [2.24, 2.45) is 0 Å². The summed E-state index contributed by atoms with van der Waals surface area (Å²) in [6.07, 6.45) is 3.83. The van der Waals surface area contributed by atoms with E-state index in [1.165, 1.54) is 4.90 Å². The third-order valence-corrected chi connectivity index (χ3v) is 3.24. The van der Waals surface area contributed by atoms with Crippen LogP contribution < -0.4 is 0 Å². The predicted octanol–water partition coefficient (Wildman–Crippen LogP) is 1.08. The zero-order valence-electron chi connectivity index (χ0n) is 7.30. The molecule has 0 radical (unpaired) electrons. The molecule has 0 aromatic rings. The van der Waals surface area contributed by atoms with E-state index in [0.29, 0.717) is 12.8 Å². The first-order valence-corrected chi connectivity index (χ1v) is 4.55. The van der Waals surface area contributed by atoms with Crippen molar-refractivity contribution in [1.29, 1.82) is 0 Å². The fraction of sp³-hybridized carbons (Fsp3) is 0.778. The van der Waals surface area contributed by atoms with E-state index >= 15 is 0 Å². The zero-order valence-corrected chi connectivity index (χ0v) is 7.30. The molecule has 0 saturated carbocycles. The quantitative estimate of drug-likeness (QED) is 0.548. The molecule has 2 saturated heterocycles. The van der Waals surface area contributed by atoms with Gasteiger partial charge in [0.2, 0.25) is 11.8 Å². The lowest BCUT2D eigenvalue weighted by molar-refractivity contribution is -0.142. The van der Waals surface area contributed by atoms with Gasteiger partial charge in [0.05, 0.1) is 5.54 Å². The molecule has 66 valence electrons. The Labute approximate surface area is 71.7 Å². The molecule has 2 rings (SSSR count). The van der Waals surface area contributed by atoms with Crippen LogP contribution in [0, 0.1) is 0 Å². The monoisotopic (exact) mass is 167 g/mol. The third kappa shape index (κ3) is 0.765. The molecule has 0 N–H and O–H groups in total. The van der Waals surface area contributed by atoms with Crippen molar-refractivity contribution in [3.05, 3.63) is 0 Å². The van der Waals surface area contributed by atoms with Crippen LogP contribution in [0.3, 0.4) is 0 Å². The molecule has 0 aromatic heterocycles. The van der Waals surface area contributed by atoms with Crippen LogP contribution in [0.1, 0.15) is 39.0 Å². The van der Waals surface area contributed by atoms with Crippen LogP contribution >= 0.6 is 0 Å². The van der Waals surface area contributed by atoms with Gasteiger partial charge >= 0.3 is 0 Å². The molecule has 2 heterocycles. The molecule has 0 aromatic carbocycles. The van der Waals surface area contributed by atoms with Crippen LogP contribution in [-0.4, -0.2) is 22.3 Å². The van der Waals surface area contributed by atoms with Gasteiger partial charge < -0.3 is 0 Å². The van der Waals surface area contributed by atoms with Gasteiger partial charge in [-0.25, -0.2) is 0 Å². The summed E-state index contributed by atoms with van der Waals surface area (Å²) in [5.41, 5.74) is -0.0752. The van der Waals surface area contributed by atoms with Crippen molar-refractivity contribution in [2.75, 3.05) is 0 Å². The highest BCUT2D eigenvalue weighted by molar-refractivity contribution is 5.99. The fourth-order valence-corrected chi connectivity index (χ4v) is 2.43. The lowest BCUT2D eigenvalue weighted by Gasteiger charge is -2.28. The smallest absolute Gasteiger partial charge is 0.229 e. The Morgan fingerprint density at radius 3 is 2.08 bits per heavy atom. The maximum absolute atomic E-state index is 11.3. The molecular formula is C9H13NO2. The molecule has 0 atom stereocenters. The van der Waals surface area contributed by atoms with Crippen molar-refractivity contribution in [2.45, 2.75) is 44.6 Å². The summed E-state index contributed by atoms with van der Waals surface area (Å²) in [5, 5.41) is 0. The van der Waals surface area contributed by atoms with Crippen LogP contribution in [-0.2, 0) is 9.59 Å². The Morgan fingerprint density at radius 2 is 1.75 bits per heavy atom. The van der Waals surface area contributed by atoms with Gasteiger partial charge in [-0.2, -0.15) is 0 Å². The highest BCUT2D eigenvalue weighted by Crippen LogP contribution is 2.42. The van der Waals surface area contributed by atoms with Gasteiger partial charge in [-0.05, 0) is 19.3 Å². The SMILES string of the molecule is CCC12CCC(=O)N1C(=O)CC2. The summed E-state index contributed by atoms with van der Waals surface area (Å²) < 4.78 is 0. The van der Waals surface area contributed by atoms with E-state index in [0.717, 1.165) is 19.3 Å². The van der Waals surface area contributed by atoms with Gasteiger partial charge in [-0.1, -0.05) is 6.92 Å². The number of imide groups is 1. The number of amides is 2. The number of rotatable bonds is 1. The largest absolute Gasteiger partial charge is 0.276 e. The van der Waals surface area contributed by atoms with E-state index in [9.17, 15) is 9.59 Å². The van der Waals surface area contributed by atoms with E-state index in [1.54, 1.807) is 0 Å². The summed E-state index contributed by atoms with van der Waals surface area (Å²) in [6, 6.07) is 0. The van der Waals surface area contributed by atoms with Crippen LogP contribution in [0.2, 0.25) is 0 Å². The molecule has 3 heteroatoms. The standard InChI is InChI=1S/C9H13NO2/c1-2-9-5-3-7(11)10(9)8(12)4-6-9/h2-6H2,1H3. The molecule has 12 heavy (non-hydrogen) atoms. The van der Waals surface area contributed by atoms with Crippen LogP contribution in [0.25, 0.3) is 0 Å². The number of fused-ring (bicyclic) bond motifs is 1. The lowest BCUT2D eigenvalue weighted by atomic mass is 9.91. The molecule has 2 amide bonds. The number of hydrogen-bond acceptors (Lipinski definition) is 2. The Balaban J connectivity index is 2.35. The van der Waals surface area contributed by atoms with E-state index in [1.807, 2.05) is 0 Å². The number of carbonyl (C=O) groups excluding carboxylic acids is 2. The van der Waals surface area contributed by atoms with E-state index < -0.39 is 0 Å². The molecule has 0 aliphatic carbocycles. The molecule has 2 fully saturated rings. The zero-order chi connectivity index (χ0) is 8.77. The Bertz CT molecular complexity index is 227. The summed E-state index contributed by atoms with van der Waals surface area (Å²) >= 11 is 0. The van der Waals surface area contributed by atoms with Crippen molar-refractivity contribution < 1.29 is 9.59 Å². The molecule has 3 nitrogen and oxygen atoms in total. The first-order chi connectivity index (χ1) is 5.69. The maximum Gasteiger partial charge on any atom is 0.229 e. The Hall–Kier alpha value is -0.860. The van der Waals surface area contributed by atoms with E-state index in [4.69, 9.17) is 0 Å². The minimum absolute atomic E-state index is 0.0411. The van der Waals surface area contributed by atoms with Gasteiger partial charge in [-0.15, -0.1) is 0 Å². The minimum atomic E-state index is -0.0752. The normalized spacial score (nSPS) is 26.6. The second-order valence-corrected chi connectivity index (χ2v) is 3.70. The van der Waals surface area contributed by atoms with Gasteiger partial charge in [0, 0.05) is 12.8 Å². The molecule has 0 spiro atoms. The summed E-state index contributed by atoms with van der Waals surface area (Å²) in [4.78, 5) is 24.2. The fourth-order valence-electron chi connectivity index (χ4n) is 2.43. The number of hydrogen-bond donors (Lipinski definition) is 0. The highest BCUT2D eigenvalue weighted by Gasteiger charge is 2.51. The third-order valence-electron chi connectivity index (χ3n) is 3.24. The average Bonchev–Trinajstić information content (AvgIpc) is 2.55. The summed E-state index contributed by atoms with van der Waals surface area (Å²) in [7, 11) is 0. The predicted molar refractivity (Wildman–Crippen MR) is 43.3 cm³/mol. The van der Waals surface area contributed by atoms with Gasteiger partial charge in [0.1, 0.15) is 0 Å². The first-order valence-electron chi connectivity index (χ1n) is 4.55. The highest BCUT2D eigenvalue weighted by atomic mass is 16.2. The molecule has 0 unspecified atom stereocenters. The van der Waals surface area contributed by atoms with E-state index in [2.05, 4.69) is 6.92 Å². The average molecular weight is 167 g/mol. The number of nitrogens with zero attached hydrogens (tertiary/aromatic N) is 1. The lowest BCUT2D eigenvalue weighted by Crippen LogP contribution is -2.41. The van der Waals surface area contributed by atoms with Gasteiger partial charge in [0.15, 0.2) is 0 Å². The minimum Gasteiger partial charge on any atom is -0.276 e. The number of carbonyl (C=O) groups is 2. The molecular weight excluding hydrogens is 154 g/mol. The van der Waals surface area contributed by atoms with Crippen molar-refractivity contribution in [3.63, 3.8) is 0 Å². The van der Waals surface area contributed by atoms with Crippen LogP contribution in [0.5, 0.6) is 0 Å². The Kier molecular flexibility index (Phi) is 1.50.